The van der Waals surface area contributed by atoms with E-state index >= 15 is 0 Å². The Labute approximate surface area is 125 Å². The number of halogens is 2. The fourth-order valence-corrected chi connectivity index (χ4v) is 2.66. The molecule has 0 saturated carbocycles. The third-order valence-corrected chi connectivity index (χ3v) is 4.41. The molecule has 2 aromatic rings. The number of ketones is 1. The summed E-state index contributed by atoms with van der Waals surface area (Å²) >= 11 is 8.14. The van der Waals surface area contributed by atoms with E-state index < -0.39 is 0 Å². The molecule has 0 aromatic heterocycles. The molecule has 0 amide bonds. The SMILES string of the molecule is Cc1cccc(C(=O)Cc2cccc(Cl)c2)c1I. The zero-order valence-corrected chi connectivity index (χ0v) is 12.8. The average molecular weight is 371 g/mol. The zero-order chi connectivity index (χ0) is 13.1. The predicted molar refractivity (Wildman–Crippen MR) is 83.4 cm³/mol. The molecule has 0 aliphatic rings. The zero-order valence-electron chi connectivity index (χ0n) is 9.91. The number of rotatable bonds is 3. The maximum absolute atomic E-state index is 12.3. The largest absolute Gasteiger partial charge is 0.294 e. The van der Waals surface area contributed by atoms with Crippen molar-refractivity contribution in [2.24, 2.45) is 0 Å². The summed E-state index contributed by atoms with van der Waals surface area (Å²) in [6.07, 6.45) is 0.389. The van der Waals surface area contributed by atoms with E-state index in [1.165, 1.54) is 0 Å². The highest BCUT2D eigenvalue weighted by molar-refractivity contribution is 14.1. The molecule has 0 N–H and O–H groups in total. The molecule has 0 aliphatic heterocycles. The lowest BCUT2D eigenvalue weighted by molar-refractivity contribution is 0.0992. The van der Waals surface area contributed by atoms with E-state index in [-0.39, 0.29) is 5.78 Å². The first-order valence-electron chi connectivity index (χ1n) is 5.60. The van der Waals surface area contributed by atoms with Gasteiger partial charge in [-0.25, -0.2) is 0 Å². The number of Topliss-reactive ketones (excluding diaryl/α,β-unsaturated/α-hetero) is 1. The maximum Gasteiger partial charge on any atom is 0.168 e. The minimum absolute atomic E-state index is 0.130. The molecule has 2 aromatic carbocycles. The number of carbonyl (C=O) groups excluding carboxylic acids is 1. The Hall–Kier alpha value is -0.870. The Balaban J connectivity index is 2.25. The number of hydrogen-bond acceptors (Lipinski definition) is 1. The van der Waals surface area contributed by atoms with Crippen LogP contribution in [0.15, 0.2) is 42.5 Å². The van der Waals surface area contributed by atoms with Crippen molar-refractivity contribution in [1.29, 1.82) is 0 Å². The van der Waals surface area contributed by atoms with Crippen molar-refractivity contribution in [3.63, 3.8) is 0 Å². The number of benzene rings is 2. The first-order valence-corrected chi connectivity index (χ1v) is 7.06. The summed E-state index contributed by atoms with van der Waals surface area (Å²) < 4.78 is 1.03. The van der Waals surface area contributed by atoms with Gasteiger partial charge >= 0.3 is 0 Å². The minimum atomic E-state index is 0.130. The summed E-state index contributed by atoms with van der Waals surface area (Å²) in [5, 5.41) is 0.666. The number of carbonyl (C=O) groups is 1. The standard InChI is InChI=1S/C15H12ClIO/c1-10-4-2-7-13(15(10)17)14(18)9-11-5-3-6-12(16)8-11/h2-8H,9H2,1H3. The highest BCUT2D eigenvalue weighted by Gasteiger charge is 2.12. The molecule has 0 radical (unpaired) electrons. The van der Waals surface area contributed by atoms with Crippen molar-refractivity contribution >= 4 is 40.0 Å². The summed E-state index contributed by atoms with van der Waals surface area (Å²) in [4.78, 5) is 12.3. The lowest BCUT2D eigenvalue weighted by Gasteiger charge is -2.06. The highest BCUT2D eigenvalue weighted by Crippen LogP contribution is 2.19. The lowest BCUT2D eigenvalue weighted by Crippen LogP contribution is -2.06. The first kappa shape index (κ1) is 13.6. The van der Waals surface area contributed by atoms with E-state index in [2.05, 4.69) is 22.6 Å². The molecule has 1 nitrogen and oxygen atoms in total. The molecule has 0 aliphatic carbocycles. The molecular weight excluding hydrogens is 359 g/mol. The van der Waals surface area contributed by atoms with Crippen LogP contribution in [0, 0.1) is 10.5 Å². The van der Waals surface area contributed by atoms with E-state index in [1.807, 2.05) is 49.4 Å². The molecule has 18 heavy (non-hydrogen) atoms. The normalized spacial score (nSPS) is 10.4. The van der Waals surface area contributed by atoms with Crippen LogP contribution < -0.4 is 0 Å². The molecule has 0 spiro atoms. The first-order chi connectivity index (χ1) is 8.58. The van der Waals surface area contributed by atoms with Crippen LogP contribution in [-0.4, -0.2) is 5.78 Å². The molecule has 92 valence electrons. The fourth-order valence-electron chi connectivity index (χ4n) is 1.79. The van der Waals surface area contributed by atoms with Gasteiger partial charge in [0.25, 0.3) is 0 Å². The van der Waals surface area contributed by atoms with Crippen LogP contribution in [0.25, 0.3) is 0 Å². The summed E-state index contributed by atoms with van der Waals surface area (Å²) in [5.41, 5.74) is 2.87. The van der Waals surface area contributed by atoms with Crippen molar-refractivity contribution in [2.45, 2.75) is 13.3 Å². The summed E-state index contributed by atoms with van der Waals surface area (Å²) in [7, 11) is 0. The highest BCUT2D eigenvalue weighted by atomic mass is 127. The monoisotopic (exact) mass is 370 g/mol. The van der Waals surface area contributed by atoms with Gasteiger partial charge in [0.1, 0.15) is 0 Å². The average Bonchev–Trinajstić information content (AvgIpc) is 2.32. The number of aryl methyl sites for hydroxylation is 1. The Morgan fingerprint density at radius 1 is 1.22 bits per heavy atom. The predicted octanol–water partition coefficient (Wildman–Crippen LogP) is 4.68. The van der Waals surface area contributed by atoms with Crippen LogP contribution in [0.1, 0.15) is 21.5 Å². The van der Waals surface area contributed by atoms with E-state index in [1.54, 1.807) is 0 Å². The van der Waals surface area contributed by atoms with E-state index in [9.17, 15) is 4.79 Å². The Kier molecular flexibility index (Phi) is 4.40. The van der Waals surface area contributed by atoms with Crippen LogP contribution >= 0.6 is 34.2 Å². The Morgan fingerprint density at radius 2 is 1.94 bits per heavy atom. The van der Waals surface area contributed by atoms with E-state index in [0.717, 1.165) is 20.3 Å². The second-order valence-corrected chi connectivity index (χ2v) is 5.68. The van der Waals surface area contributed by atoms with Crippen LogP contribution in [-0.2, 0) is 6.42 Å². The van der Waals surface area contributed by atoms with Gasteiger partial charge in [0.15, 0.2) is 5.78 Å². The van der Waals surface area contributed by atoms with Gasteiger partial charge in [-0.3, -0.25) is 4.79 Å². The second-order valence-electron chi connectivity index (χ2n) is 4.17. The summed E-state index contributed by atoms with van der Waals surface area (Å²) in [5.74, 6) is 0.130. The van der Waals surface area contributed by atoms with Gasteiger partial charge in [-0.05, 0) is 52.8 Å². The van der Waals surface area contributed by atoms with Crippen molar-refractivity contribution < 1.29 is 4.79 Å². The van der Waals surface area contributed by atoms with Crippen LogP contribution in [0.4, 0.5) is 0 Å². The smallest absolute Gasteiger partial charge is 0.168 e. The lowest BCUT2D eigenvalue weighted by atomic mass is 10.0. The molecule has 0 saturated heterocycles. The van der Waals surface area contributed by atoms with Crippen LogP contribution in [0.3, 0.4) is 0 Å². The van der Waals surface area contributed by atoms with Crippen molar-refractivity contribution in [3.8, 4) is 0 Å². The number of hydrogen-bond donors (Lipinski definition) is 0. The van der Waals surface area contributed by atoms with Gasteiger partial charge in [-0.1, -0.05) is 41.9 Å². The maximum atomic E-state index is 12.3. The van der Waals surface area contributed by atoms with Gasteiger partial charge in [0.05, 0.1) is 0 Å². The molecule has 0 heterocycles. The van der Waals surface area contributed by atoms with Gasteiger partial charge in [-0.15, -0.1) is 0 Å². The van der Waals surface area contributed by atoms with E-state index in [4.69, 9.17) is 11.6 Å². The Bertz CT molecular complexity index is 593. The van der Waals surface area contributed by atoms with Crippen molar-refractivity contribution in [1.82, 2.24) is 0 Å². The minimum Gasteiger partial charge on any atom is -0.294 e. The third kappa shape index (κ3) is 3.12. The molecule has 0 unspecified atom stereocenters. The van der Waals surface area contributed by atoms with Gasteiger partial charge in [0, 0.05) is 20.6 Å². The van der Waals surface area contributed by atoms with Gasteiger partial charge in [0.2, 0.25) is 0 Å². The molecular formula is C15H12ClIO. The quantitative estimate of drug-likeness (QED) is 0.566. The summed E-state index contributed by atoms with van der Waals surface area (Å²) in [6, 6.07) is 13.2. The summed E-state index contributed by atoms with van der Waals surface area (Å²) in [6.45, 7) is 2.01. The van der Waals surface area contributed by atoms with Gasteiger partial charge in [-0.2, -0.15) is 0 Å². The molecule has 0 atom stereocenters. The molecule has 2 rings (SSSR count). The van der Waals surface area contributed by atoms with Crippen molar-refractivity contribution in [2.75, 3.05) is 0 Å². The van der Waals surface area contributed by atoms with Gasteiger partial charge < -0.3 is 0 Å². The van der Waals surface area contributed by atoms with E-state index in [0.29, 0.717) is 11.4 Å². The van der Waals surface area contributed by atoms with Crippen molar-refractivity contribution in [3.05, 3.63) is 67.7 Å². The molecule has 0 bridgehead atoms. The fraction of sp³-hybridized carbons (Fsp3) is 0.133. The second kappa shape index (κ2) is 5.85. The van der Waals surface area contributed by atoms with Crippen LogP contribution in [0.5, 0.6) is 0 Å². The molecule has 0 fully saturated rings. The molecule has 3 heteroatoms. The Morgan fingerprint density at radius 3 is 2.67 bits per heavy atom. The van der Waals surface area contributed by atoms with Crippen LogP contribution in [0.2, 0.25) is 5.02 Å². The topological polar surface area (TPSA) is 17.1 Å². The third-order valence-electron chi connectivity index (χ3n) is 2.75.